The number of allylic oxidation sites excluding steroid dienone is 9. The van der Waals surface area contributed by atoms with Crippen LogP contribution in [0, 0.1) is 19.8 Å². The summed E-state index contributed by atoms with van der Waals surface area (Å²) in [5.74, 6) is -1.88. The van der Waals surface area contributed by atoms with Gasteiger partial charge in [0, 0.05) is 60.9 Å². The Balaban J connectivity index is 0.00000301. The van der Waals surface area contributed by atoms with Gasteiger partial charge in [-0.15, -0.1) is 12.8 Å². The molecule has 0 spiro atoms. The fraction of sp³-hybridized carbons (Fsp3) is 0.257. The van der Waals surface area contributed by atoms with E-state index in [2.05, 4.69) is 42.6 Å². The van der Waals surface area contributed by atoms with Gasteiger partial charge < -0.3 is 10.7 Å². The Bertz CT molecular complexity index is 1430. The number of nitrogens with one attached hydrogen (secondary N) is 1. The maximum atomic E-state index is 13.7. The van der Waals surface area contributed by atoms with Crippen LogP contribution in [-0.2, 0) is 6.42 Å². The van der Waals surface area contributed by atoms with E-state index in [0.29, 0.717) is 25.2 Å². The highest BCUT2D eigenvalue weighted by atomic mass is 19.3. The first kappa shape index (κ1) is 33.7. The van der Waals surface area contributed by atoms with Crippen molar-refractivity contribution >= 4 is 5.57 Å². The Morgan fingerprint density at radius 2 is 1.88 bits per heavy atom. The molecule has 220 valence electrons. The van der Waals surface area contributed by atoms with Crippen molar-refractivity contribution < 1.29 is 8.78 Å². The number of hydrogen-bond acceptors (Lipinski definition) is 4. The molecular weight excluding hydrogens is 528 g/mol. The van der Waals surface area contributed by atoms with E-state index in [1.54, 1.807) is 29.4 Å². The van der Waals surface area contributed by atoms with Crippen LogP contribution in [0.3, 0.4) is 0 Å². The van der Waals surface area contributed by atoms with Crippen LogP contribution in [0.5, 0.6) is 0 Å². The number of pyridine rings is 1. The molecule has 7 heteroatoms. The van der Waals surface area contributed by atoms with Crippen molar-refractivity contribution in [3.63, 3.8) is 0 Å². The second-order valence-electron chi connectivity index (χ2n) is 9.81. The molecule has 0 aliphatic carbocycles. The standard InChI is InChI=1S/C33H39F2N5.C2H2/c1-7-12-30(28-13-11-15-37-20-28)32-24(6)38-31(39-32)19-29(23(5)36)18-27(10-4)26(9-3)17-25(8-2)21-40-16-14-33(34,35)22-40;1-2/h7-13,15,17-18,20H,1-2,5,14,16,19,21-22,36H2,3-4,6H3,(H,38,39);1-2H/b25-17+,26-9+,27-10+,29-18-,30-12-;. The highest BCUT2D eigenvalue weighted by Crippen LogP contribution is 2.29. The maximum Gasteiger partial charge on any atom is 0.261 e. The predicted molar refractivity (Wildman–Crippen MR) is 172 cm³/mol. The van der Waals surface area contributed by atoms with Crippen LogP contribution < -0.4 is 5.73 Å². The molecule has 2 aromatic rings. The number of hydrogen-bond donors (Lipinski definition) is 2. The molecule has 1 saturated heterocycles. The Kier molecular flexibility index (Phi) is 12.9. The number of alkyl halides is 2. The van der Waals surface area contributed by atoms with Gasteiger partial charge in [-0.3, -0.25) is 9.88 Å². The van der Waals surface area contributed by atoms with Gasteiger partial charge in [-0.1, -0.05) is 62.3 Å². The van der Waals surface area contributed by atoms with Crippen LogP contribution in [0.1, 0.15) is 43.0 Å². The SMILES string of the molecule is C#C.C=C/C=C(/c1cccnc1)c1nc(C/C(=C/C(=C\C)C(/C=C(\C=C)CN2CCC(F)(F)C2)=C/C)C(=C)N)[nH]c1C. The molecule has 3 N–H and O–H groups in total. The molecule has 5 nitrogen and oxygen atoms in total. The molecule has 0 amide bonds. The summed E-state index contributed by atoms with van der Waals surface area (Å²) in [6.45, 7) is 18.2. The Morgan fingerprint density at radius 1 is 1.19 bits per heavy atom. The first-order valence-corrected chi connectivity index (χ1v) is 13.6. The number of halogens is 2. The van der Waals surface area contributed by atoms with E-state index in [1.807, 2.05) is 63.3 Å². The highest BCUT2D eigenvalue weighted by Gasteiger charge is 2.37. The molecule has 1 aliphatic heterocycles. The van der Waals surface area contributed by atoms with Gasteiger partial charge in [0.15, 0.2) is 0 Å². The molecule has 1 fully saturated rings. The van der Waals surface area contributed by atoms with Crippen molar-refractivity contribution in [2.75, 3.05) is 19.6 Å². The van der Waals surface area contributed by atoms with Crippen molar-refractivity contribution in [3.8, 4) is 12.8 Å². The van der Waals surface area contributed by atoms with Gasteiger partial charge in [0.25, 0.3) is 5.92 Å². The van der Waals surface area contributed by atoms with Crippen molar-refractivity contribution in [1.29, 1.82) is 0 Å². The topological polar surface area (TPSA) is 70.8 Å². The third kappa shape index (κ3) is 9.25. The quantitative estimate of drug-likeness (QED) is 0.208. The van der Waals surface area contributed by atoms with Crippen molar-refractivity contribution in [3.05, 3.63) is 138 Å². The van der Waals surface area contributed by atoms with E-state index in [9.17, 15) is 8.78 Å². The average Bonchev–Trinajstić information content (AvgIpc) is 3.53. The third-order valence-corrected chi connectivity index (χ3v) is 6.76. The molecule has 0 aromatic carbocycles. The van der Waals surface area contributed by atoms with E-state index in [4.69, 9.17) is 10.7 Å². The summed E-state index contributed by atoms with van der Waals surface area (Å²) in [5, 5.41) is 0. The number of H-pyrrole nitrogens is 1. The first-order chi connectivity index (χ1) is 20.1. The van der Waals surface area contributed by atoms with Crippen molar-refractivity contribution in [2.24, 2.45) is 5.73 Å². The van der Waals surface area contributed by atoms with Crippen molar-refractivity contribution in [2.45, 2.75) is 39.5 Å². The summed E-state index contributed by atoms with van der Waals surface area (Å²) in [4.78, 5) is 14.3. The first-order valence-electron chi connectivity index (χ1n) is 13.6. The van der Waals surface area contributed by atoms with Gasteiger partial charge in [-0.05, 0) is 55.2 Å². The molecule has 0 radical (unpaired) electrons. The van der Waals surface area contributed by atoms with Gasteiger partial charge in [-0.2, -0.15) is 0 Å². The smallest absolute Gasteiger partial charge is 0.261 e. The zero-order valence-corrected chi connectivity index (χ0v) is 24.8. The van der Waals surface area contributed by atoms with E-state index in [0.717, 1.165) is 50.6 Å². The lowest BCUT2D eigenvalue weighted by Gasteiger charge is -2.17. The number of rotatable bonds is 12. The lowest BCUT2D eigenvalue weighted by Crippen LogP contribution is -2.26. The molecule has 0 atom stereocenters. The maximum absolute atomic E-state index is 13.7. The summed E-state index contributed by atoms with van der Waals surface area (Å²) < 4.78 is 27.4. The summed E-state index contributed by atoms with van der Waals surface area (Å²) in [5.41, 5.74) is 13.8. The predicted octanol–water partition coefficient (Wildman–Crippen LogP) is 7.27. The molecule has 0 unspecified atom stereocenters. The Morgan fingerprint density at radius 3 is 2.40 bits per heavy atom. The summed E-state index contributed by atoms with van der Waals surface area (Å²) in [7, 11) is 0. The second kappa shape index (κ2) is 16.0. The average molecular weight is 570 g/mol. The number of nitrogens with two attached hydrogens (primary N) is 1. The summed E-state index contributed by atoms with van der Waals surface area (Å²) >= 11 is 0. The Hall–Kier alpha value is -4.54. The van der Waals surface area contributed by atoms with Gasteiger partial charge >= 0.3 is 0 Å². The number of aryl methyl sites for hydroxylation is 1. The minimum atomic E-state index is -2.63. The van der Waals surface area contributed by atoms with Crippen LogP contribution in [0.2, 0.25) is 0 Å². The molecule has 0 bridgehead atoms. The van der Waals surface area contributed by atoms with Crippen LogP contribution in [0.4, 0.5) is 8.78 Å². The van der Waals surface area contributed by atoms with Crippen LogP contribution in [0.25, 0.3) is 5.57 Å². The zero-order chi connectivity index (χ0) is 31.3. The molecule has 3 rings (SSSR count). The molecule has 1 aliphatic rings. The zero-order valence-electron chi connectivity index (χ0n) is 24.8. The number of likely N-dealkylation sites (tertiary alicyclic amines) is 1. The Labute approximate surface area is 249 Å². The van der Waals surface area contributed by atoms with Crippen molar-refractivity contribution in [1.82, 2.24) is 19.9 Å². The number of nitrogens with zero attached hydrogens (tertiary/aromatic N) is 3. The lowest BCUT2D eigenvalue weighted by atomic mass is 9.97. The van der Waals surface area contributed by atoms with E-state index in [1.165, 1.54) is 0 Å². The number of imidazole rings is 1. The molecule has 2 aromatic heterocycles. The normalized spacial score (nSPS) is 16.5. The van der Waals surface area contributed by atoms with Crippen LogP contribution in [0.15, 0.2) is 115 Å². The second-order valence-corrected chi connectivity index (χ2v) is 9.81. The van der Waals surface area contributed by atoms with E-state index in [-0.39, 0.29) is 13.0 Å². The molecule has 42 heavy (non-hydrogen) atoms. The minimum Gasteiger partial charge on any atom is -0.399 e. The largest absolute Gasteiger partial charge is 0.399 e. The van der Waals surface area contributed by atoms with Gasteiger partial charge in [0.2, 0.25) is 0 Å². The van der Waals surface area contributed by atoms with Gasteiger partial charge in [-0.25, -0.2) is 13.8 Å². The fourth-order valence-electron chi connectivity index (χ4n) is 4.68. The lowest BCUT2D eigenvalue weighted by molar-refractivity contribution is 0.0131. The van der Waals surface area contributed by atoms with E-state index < -0.39 is 5.92 Å². The molecular formula is C35H41F2N5. The fourth-order valence-corrected chi connectivity index (χ4v) is 4.68. The summed E-state index contributed by atoms with van der Waals surface area (Å²) in [6.07, 6.45) is 25.2. The monoisotopic (exact) mass is 569 g/mol. The third-order valence-electron chi connectivity index (χ3n) is 6.76. The minimum absolute atomic E-state index is 0.111. The van der Waals surface area contributed by atoms with Gasteiger partial charge in [0.1, 0.15) is 5.82 Å². The van der Waals surface area contributed by atoms with E-state index >= 15 is 0 Å². The number of aromatic amines is 1. The molecule has 0 saturated carbocycles. The summed E-state index contributed by atoms with van der Waals surface area (Å²) in [6, 6.07) is 3.87. The van der Waals surface area contributed by atoms with Crippen LogP contribution >= 0.6 is 0 Å². The van der Waals surface area contributed by atoms with Gasteiger partial charge in [0.05, 0.1) is 12.2 Å². The number of terminal acetylenes is 1. The molecule has 3 heterocycles. The highest BCUT2D eigenvalue weighted by molar-refractivity contribution is 5.79. The van der Waals surface area contributed by atoms with Crippen LogP contribution in [-0.4, -0.2) is 45.4 Å². The number of aromatic nitrogens is 3.